The van der Waals surface area contributed by atoms with Gasteiger partial charge in [0.05, 0.1) is 41.2 Å². The maximum absolute atomic E-state index is 12.7. The third-order valence-electron chi connectivity index (χ3n) is 6.53. The smallest absolute Gasteiger partial charge is 0.248 e. The molecule has 5 aromatic rings. The van der Waals surface area contributed by atoms with Gasteiger partial charge in [0, 0.05) is 40.5 Å². The Labute approximate surface area is 268 Å². The Morgan fingerprint density at radius 1 is 0.822 bits per heavy atom. The predicted molar refractivity (Wildman–Crippen MR) is 180 cm³/mol. The monoisotopic (exact) mass is 645 g/mol. The van der Waals surface area contributed by atoms with Gasteiger partial charge in [0.25, 0.3) is 0 Å². The molecule has 3 aromatic carbocycles. The summed E-state index contributed by atoms with van der Waals surface area (Å²) in [7, 11) is 7.81. The van der Waals surface area contributed by atoms with Gasteiger partial charge in [-0.3, -0.25) is 4.79 Å². The SMILES string of the molecule is COc1ccc(/C=C/C(=O)Nc2cccc(-c3csc(-c4sc(Nc5cc(OC)c(OC)c(OC)c5)nc4N)n3)c2)cc1OC. The summed E-state index contributed by atoms with van der Waals surface area (Å²) >= 11 is 2.84. The van der Waals surface area contributed by atoms with Gasteiger partial charge in [-0.2, -0.15) is 0 Å². The molecule has 2 heterocycles. The average Bonchev–Trinajstić information content (AvgIpc) is 3.69. The number of hydrogen-bond donors (Lipinski definition) is 3. The van der Waals surface area contributed by atoms with Crippen LogP contribution >= 0.6 is 22.7 Å². The van der Waals surface area contributed by atoms with Gasteiger partial charge in [-0.15, -0.1) is 11.3 Å². The number of carbonyl (C=O) groups excluding carboxylic acids is 1. The highest BCUT2D eigenvalue weighted by atomic mass is 32.1. The average molecular weight is 646 g/mol. The van der Waals surface area contributed by atoms with E-state index in [2.05, 4.69) is 15.6 Å². The van der Waals surface area contributed by atoms with Crippen molar-refractivity contribution in [2.24, 2.45) is 0 Å². The van der Waals surface area contributed by atoms with Crippen molar-refractivity contribution in [3.63, 3.8) is 0 Å². The molecule has 11 nitrogen and oxygen atoms in total. The van der Waals surface area contributed by atoms with Crippen molar-refractivity contribution in [2.45, 2.75) is 0 Å². The second-order valence-electron chi connectivity index (χ2n) is 9.33. The van der Waals surface area contributed by atoms with E-state index in [1.807, 2.05) is 35.7 Å². The Bertz CT molecular complexity index is 1830. The molecule has 0 spiro atoms. The molecule has 13 heteroatoms. The van der Waals surface area contributed by atoms with Crippen LogP contribution in [0.15, 0.2) is 66.1 Å². The largest absolute Gasteiger partial charge is 0.493 e. The first-order valence-electron chi connectivity index (χ1n) is 13.5. The van der Waals surface area contributed by atoms with Gasteiger partial charge in [-0.05, 0) is 35.9 Å². The van der Waals surface area contributed by atoms with Crippen LogP contribution < -0.4 is 40.1 Å². The Hall–Kier alpha value is -5.27. The third kappa shape index (κ3) is 7.11. The number of nitrogen functional groups attached to an aromatic ring is 1. The van der Waals surface area contributed by atoms with Crippen LogP contribution in [-0.4, -0.2) is 51.4 Å². The highest BCUT2D eigenvalue weighted by Crippen LogP contribution is 2.43. The molecule has 0 aliphatic heterocycles. The van der Waals surface area contributed by atoms with E-state index < -0.39 is 0 Å². The molecule has 0 atom stereocenters. The summed E-state index contributed by atoms with van der Waals surface area (Å²) in [6.45, 7) is 0. The molecule has 0 saturated carbocycles. The van der Waals surface area contributed by atoms with Gasteiger partial charge < -0.3 is 40.1 Å². The van der Waals surface area contributed by atoms with E-state index in [4.69, 9.17) is 34.4 Å². The van der Waals surface area contributed by atoms with Crippen molar-refractivity contribution in [1.29, 1.82) is 0 Å². The molecule has 5 rings (SSSR count). The van der Waals surface area contributed by atoms with E-state index in [1.54, 1.807) is 65.9 Å². The van der Waals surface area contributed by atoms with Gasteiger partial charge in [0.2, 0.25) is 11.7 Å². The predicted octanol–water partition coefficient (Wildman–Crippen LogP) is 6.95. The summed E-state index contributed by atoms with van der Waals surface area (Å²) in [5, 5.41) is 9.42. The first kappa shape index (κ1) is 31.2. The zero-order chi connectivity index (χ0) is 31.9. The molecule has 4 N–H and O–H groups in total. The summed E-state index contributed by atoms with van der Waals surface area (Å²) in [6.07, 6.45) is 3.17. The van der Waals surface area contributed by atoms with E-state index in [1.165, 1.54) is 28.7 Å². The standard InChI is InChI=1S/C32H31N5O6S2/c1-39-23-11-9-18(13-24(23)40-2)10-12-27(38)34-20-8-6-7-19(14-20)22-17-44-31(36-22)29-30(33)37-32(45-29)35-21-15-25(41-3)28(43-5)26(16-21)42-4/h6-17H,33H2,1-5H3,(H,34,38)(H,35,37)/b12-10+. The number of benzene rings is 3. The number of rotatable bonds is 12. The number of amides is 1. The molecule has 0 unspecified atom stereocenters. The lowest BCUT2D eigenvalue weighted by atomic mass is 10.1. The minimum atomic E-state index is -0.273. The van der Waals surface area contributed by atoms with Crippen LogP contribution in [0.1, 0.15) is 5.56 Å². The number of nitrogens with zero attached hydrogens (tertiary/aromatic N) is 2. The highest BCUT2D eigenvalue weighted by molar-refractivity contribution is 7.23. The number of ether oxygens (including phenoxy) is 5. The van der Waals surface area contributed by atoms with Crippen molar-refractivity contribution in [1.82, 2.24) is 9.97 Å². The number of carbonyl (C=O) groups is 1. The maximum atomic E-state index is 12.7. The van der Waals surface area contributed by atoms with Gasteiger partial charge in [0.15, 0.2) is 28.1 Å². The molecule has 0 saturated heterocycles. The summed E-state index contributed by atoms with van der Waals surface area (Å²) in [6, 6.07) is 16.5. The normalized spacial score (nSPS) is 10.9. The summed E-state index contributed by atoms with van der Waals surface area (Å²) in [5.74, 6) is 2.81. The van der Waals surface area contributed by atoms with E-state index in [9.17, 15) is 4.79 Å². The van der Waals surface area contributed by atoms with Gasteiger partial charge in [-0.25, -0.2) is 9.97 Å². The summed E-state index contributed by atoms with van der Waals surface area (Å²) in [5.41, 5.74) is 10.0. The minimum absolute atomic E-state index is 0.273. The fraction of sp³-hybridized carbons (Fsp3) is 0.156. The lowest BCUT2D eigenvalue weighted by molar-refractivity contribution is -0.111. The van der Waals surface area contributed by atoms with Crippen molar-refractivity contribution >= 4 is 57.0 Å². The number of aromatic nitrogens is 2. The molecular formula is C32H31N5O6S2. The summed E-state index contributed by atoms with van der Waals surface area (Å²) < 4.78 is 26.9. The molecule has 2 aromatic heterocycles. The number of hydrogen-bond acceptors (Lipinski definition) is 12. The molecule has 0 radical (unpaired) electrons. The van der Waals surface area contributed by atoms with Crippen LogP contribution in [0.5, 0.6) is 28.7 Å². The van der Waals surface area contributed by atoms with E-state index >= 15 is 0 Å². The summed E-state index contributed by atoms with van der Waals surface area (Å²) in [4.78, 5) is 22.7. The fourth-order valence-electron chi connectivity index (χ4n) is 4.39. The fourth-order valence-corrected chi connectivity index (χ4v) is 6.23. The zero-order valence-electron chi connectivity index (χ0n) is 25.2. The zero-order valence-corrected chi connectivity index (χ0v) is 26.8. The molecule has 0 aliphatic rings. The van der Waals surface area contributed by atoms with Crippen molar-refractivity contribution in [3.8, 4) is 49.9 Å². The number of thiazole rings is 2. The van der Waals surface area contributed by atoms with Crippen LogP contribution in [0.4, 0.5) is 22.3 Å². The van der Waals surface area contributed by atoms with Gasteiger partial charge in [0.1, 0.15) is 15.7 Å². The Balaban J connectivity index is 1.29. The number of methoxy groups -OCH3 is 5. The van der Waals surface area contributed by atoms with Gasteiger partial charge >= 0.3 is 0 Å². The molecule has 232 valence electrons. The Kier molecular flexibility index (Phi) is 9.70. The Morgan fingerprint density at radius 3 is 2.24 bits per heavy atom. The molecule has 0 bridgehead atoms. The lowest BCUT2D eigenvalue weighted by Gasteiger charge is -2.14. The van der Waals surface area contributed by atoms with Crippen molar-refractivity contribution in [2.75, 3.05) is 51.9 Å². The number of anilines is 4. The first-order valence-corrected chi connectivity index (χ1v) is 15.2. The molecule has 0 aliphatic carbocycles. The van der Waals surface area contributed by atoms with Crippen molar-refractivity contribution < 1.29 is 28.5 Å². The highest BCUT2D eigenvalue weighted by Gasteiger charge is 2.18. The van der Waals surface area contributed by atoms with E-state index in [0.717, 1.165) is 26.7 Å². The van der Waals surface area contributed by atoms with Crippen molar-refractivity contribution in [3.05, 3.63) is 71.6 Å². The molecular weight excluding hydrogens is 615 g/mol. The van der Waals surface area contributed by atoms with Crippen LogP contribution in [0.25, 0.3) is 27.2 Å². The van der Waals surface area contributed by atoms with E-state index in [0.29, 0.717) is 51.1 Å². The first-order chi connectivity index (χ1) is 21.8. The second kappa shape index (κ2) is 14.0. The number of nitrogens with one attached hydrogen (secondary N) is 2. The topological polar surface area (TPSA) is 139 Å². The van der Waals surface area contributed by atoms with Gasteiger partial charge in [-0.1, -0.05) is 29.5 Å². The van der Waals surface area contributed by atoms with Crippen LogP contribution in [0.3, 0.4) is 0 Å². The molecule has 45 heavy (non-hydrogen) atoms. The van der Waals surface area contributed by atoms with Crippen LogP contribution in [0, 0.1) is 0 Å². The third-order valence-corrected chi connectivity index (χ3v) is 8.51. The molecule has 0 fully saturated rings. The van der Waals surface area contributed by atoms with Crippen LogP contribution in [-0.2, 0) is 4.79 Å². The molecule has 1 amide bonds. The lowest BCUT2D eigenvalue weighted by Crippen LogP contribution is -2.07. The second-order valence-corrected chi connectivity index (χ2v) is 11.2. The minimum Gasteiger partial charge on any atom is -0.493 e. The Morgan fingerprint density at radius 2 is 1.56 bits per heavy atom. The number of nitrogens with two attached hydrogens (primary N) is 1. The quantitative estimate of drug-likeness (QED) is 0.122. The maximum Gasteiger partial charge on any atom is 0.248 e. The van der Waals surface area contributed by atoms with Crippen LogP contribution in [0.2, 0.25) is 0 Å². The van der Waals surface area contributed by atoms with E-state index in [-0.39, 0.29) is 5.91 Å².